The van der Waals surface area contributed by atoms with Crippen molar-refractivity contribution in [1.82, 2.24) is 5.32 Å². The third kappa shape index (κ3) is 5.12. The molecule has 0 heterocycles. The van der Waals surface area contributed by atoms with Crippen LogP contribution in [0.3, 0.4) is 0 Å². The Kier molecular flexibility index (Phi) is 5.95. The second-order valence-corrected chi connectivity index (χ2v) is 6.00. The fourth-order valence-corrected chi connectivity index (χ4v) is 2.46. The van der Waals surface area contributed by atoms with Crippen LogP contribution in [-0.4, -0.2) is 11.9 Å². The van der Waals surface area contributed by atoms with E-state index < -0.39 is 12.1 Å². The van der Waals surface area contributed by atoms with Crippen LogP contribution in [0.1, 0.15) is 43.4 Å². The number of amides is 3. The van der Waals surface area contributed by atoms with E-state index >= 15 is 0 Å². The lowest BCUT2D eigenvalue weighted by Crippen LogP contribution is -2.35. The number of carbonyl (C=O) groups is 2. The van der Waals surface area contributed by atoms with Gasteiger partial charge in [-0.3, -0.25) is 4.79 Å². The first-order valence-corrected chi connectivity index (χ1v) is 7.96. The fourth-order valence-electron chi connectivity index (χ4n) is 2.46. The Morgan fingerprint density at radius 2 is 1.58 bits per heavy atom. The molecule has 0 fully saturated rings. The maximum absolute atomic E-state index is 12.3. The zero-order chi connectivity index (χ0) is 17.5. The van der Waals surface area contributed by atoms with Gasteiger partial charge in [-0.1, -0.05) is 56.3 Å². The Bertz CT molecular complexity index is 682. The summed E-state index contributed by atoms with van der Waals surface area (Å²) in [6.07, 6.45) is 0.110. The Morgan fingerprint density at radius 3 is 2.12 bits per heavy atom. The van der Waals surface area contributed by atoms with Gasteiger partial charge in [-0.15, -0.1) is 0 Å². The summed E-state index contributed by atoms with van der Waals surface area (Å²) in [6, 6.07) is 15.9. The van der Waals surface area contributed by atoms with Crippen molar-refractivity contribution in [3.8, 4) is 0 Å². The first kappa shape index (κ1) is 17.5. The maximum atomic E-state index is 12.3. The van der Waals surface area contributed by atoms with Crippen LogP contribution < -0.4 is 16.4 Å². The first-order chi connectivity index (χ1) is 11.5. The van der Waals surface area contributed by atoms with Gasteiger partial charge in [-0.25, -0.2) is 4.79 Å². The van der Waals surface area contributed by atoms with Crippen LogP contribution in [0, 0.1) is 0 Å². The van der Waals surface area contributed by atoms with Crippen LogP contribution >= 0.6 is 0 Å². The molecule has 0 spiro atoms. The summed E-state index contributed by atoms with van der Waals surface area (Å²) >= 11 is 0. The van der Waals surface area contributed by atoms with Crippen molar-refractivity contribution in [3.63, 3.8) is 0 Å². The van der Waals surface area contributed by atoms with E-state index in [1.807, 2.05) is 54.6 Å². The molecular formula is C19H23N3O2. The highest BCUT2D eigenvalue weighted by molar-refractivity contribution is 5.91. The van der Waals surface area contributed by atoms with E-state index in [0.717, 1.165) is 11.3 Å². The van der Waals surface area contributed by atoms with Crippen LogP contribution in [0.25, 0.3) is 0 Å². The number of anilines is 1. The van der Waals surface area contributed by atoms with Crippen LogP contribution in [0.5, 0.6) is 0 Å². The summed E-state index contributed by atoms with van der Waals surface area (Å²) in [5, 5.41) is 5.47. The lowest BCUT2D eigenvalue weighted by molar-refractivity contribution is -0.116. The van der Waals surface area contributed by atoms with Crippen LogP contribution in [-0.2, 0) is 4.79 Å². The van der Waals surface area contributed by atoms with Crippen molar-refractivity contribution in [3.05, 3.63) is 65.7 Å². The average Bonchev–Trinajstić information content (AvgIpc) is 2.55. The Balaban J connectivity index is 2.03. The van der Waals surface area contributed by atoms with Gasteiger partial charge in [-0.2, -0.15) is 0 Å². The second kappa shape index (κ2) is 8.15. The summed E-state index contributed by atoms with van der Waals surface area (Å²) in [7, 11) is 0. The van der Waals surface area contributed by atoms with Gasteiger partial charge in [0.2, 0.25) is 5.91 Å². The largest absolute Gasteiger partial charge is 0.352 e. The molecule has 0 bridgehead atoms. The smallest absolute Gasteiger partial charge is 0.312 e. The molecule has 126 valence electrons. The highest BCUT2D eigenvalue weighted by Crippen LogP contribution is 2.20. The van der Waals surface area contributed by atoms with Gasteiger partial charge >= 0.3 is 6.03 Å². The first-order valence-electron chi connectivity index (χ1n) is 7.96. The van der Waals surface area contributed by atoms with E-state index in [4.69, 9.17) is 5.73 Å². The van der Waals surface area contributed by atoms with Crippen molar-refractivity contribution >= 4 is 17.6 Å². The van der Waals surface area contributed by atoms with Crippen molar-refractivity contribution in [2.45, 2.75) is 32.2 Å². The third-order valence-corrected chi connectivity index (χ3v) is 3.77. The van der Waals surface area contributed by atoms with Gasteiger partial charge in [0.05, 0.1) is 12.5 Å². The summed E-state index contributed by atoms with van der Waals surface area (Å²) in [5.74, 6) is 0.256. The van der Waals surface area contributed by atoms with Crippen LogP contribution in [0.4, 0.5) is 10.5 Å². The molecule has 2 aromatic carbocycles. The molecule has 24 heavy (non-hydrogen) atoms. The summed E-state index contributed by atoms with van der Waals surface area (Å²) < 4.78 is 0. The van der Waals surface area contributed by atoms with Gasteiger partial charge in [0.1, 0.15) is 0 Å². The molecule has 0 radical (unpaired) electrons. The molecule has 2 rings (SSSR count). The number of nitrogens with two attached hydrogens (primary N) is 1. The number of benzene rings is 2. The van der Waals surface area contributed by atoms with Crippen molar-refractivity contribution in [1.29, 1.82) is 0 Å². The number of hydrogen-bond acceptors (Lipinski definition) is 2. The number of urea groups is 1. The standard InChI is InChI=1S/C19H23N3O2/c1-13(2)14-8-10-16(11-9-14)21-18(23)12-17(22-19(20)24)15-6-4-3-5-7-15/h3-11,13,17H,12H2,1-2H3,(H,21,23)(H3,20,22,24)/t17-/m0/s1. The molecule has 2 aromatic rings. The van der Waals surface area contributed by atoms with E-state index in [1.165, 1.54) is 5.56 Å². The molecule has 0 aliphatic rings. The Labute approximate surface area is 142 Å². The van der Waals surface area contributed by atoms with Crippen molar-refractivity contribution in [2.75, 3.05) is 5.32 Å². The zero-order valence-corrected chi connectivity index (χ0v) is 14.0. The third-order valence-electron chi connectivity index (χ3n) is 3.77. The van der Waals surface area contributed by atoms with Crippen LogP contribution in [0.15, 0.2) is 54.6 Å². The Hall–Kier alpha value is -2.82. The molecule has 1 atom stereocenters. The monoisotopic (exact) mass is 325 g/mol. The average molecular weight is 325 g/mol. The van der Waals surface area contributed by atoms with E-state index in [2.05, 4.69) is 24.5 Å². The van der Waals surface area contributed by atoms with Gasteiger partial charge in [0.15, 0.2) is 0 Å². The molecule has 3 amide bonds. The summed E-state index contributed by atoms with van der Waals surface area (Å²) in [4.78, 5) is 23.5. The molecule has 4 N–H and O–H groups in total. The lowest BCUT2D eigenvalue weighted by atomic mass is 10.0. The normalized spacial score (nSPS) is 11.8. The van der Waals surface area contributed by atoms with Crippen LogP contribution in [0.2, 0.25) is 0 Å². The minimum absolute atomic E-state index is 0.110. The minimum atomic E-state index is -0.655. The fraction of sp³-hybridized carbons (Fsp3) is 0.263. The second-order valence-electron chi connectivity index (χ2n) is 6.00. The maximum Gasteiger partial charge on any atom is 0.312 e. The predicted molar refractivity (Wildman–Crippen MR) is 95.7 cm³/mol. The molecule has 0 aromatic heterocycles. The van der Waals surface area contributed by atoms with E-state index in [9.17, 15) is 9.59 Å². The quantitative estimate of drug-likeness (QED) is 0.759. The van der Waals surface area contributed by atoms with Crippen molar-refractivity contribution < 1.29 is 9.59 Å². The lowest BCUT2D eigenvalue weighted by Gasteiger charge is -2.18. The number of carbonyl (C=O) groups excluding carboxylic acids is 2. The Morgan fingerprint density at radius 1 is 0.958 bits per heavy atom. The van der Waals surface area contributed by atoms with Gasteiger partial charge in [0.25, 0.3) is 0 Å². The summed E-state index contributed by atoms with van der Waals surface area (Å²) in [6.45, 7) is 4.24. The molecule has 0 unspecified atom stereocenters. The number of nitrogens with one attached hydrogen (secondary N) is 2. The van der Waals surface area contributed by atoms with E-state index in [-0.39, 0.29) is 12.3 Å². The molecule has 0 aliphatic carbocycles. The minimum Gasteiger partial charge on any atom is -0.352 e. The topological polar surface area (TPSA) is 84.2 Å². The summed E-state index contributed by atoms with van der Waals surface area (Å²) in [5.41, 5.74) is 8.00. The van der Waals surface area contributed by atoms with E-state index in [1.54, 1.807) is 0 Å². The number of hydrogen-bond donors (Lipinski definition) is 3. The highest BCUT2D eigenvalue weighted by Gasteiger charge is 2.17. The predicted octanol–water partition coefficient (Wildman–Crippen LogP) is 3.55. The molecular weight excluding hydrogens is 302 g/mol. The van der Waals surface area contributed by atoms with E-state index in [0.29, 0.717) is 5.92 Å². The highest BCUT2D eigenvalue weighted by atomic mass is 16.2. The molecule has 5 nitrogen and oxygen atoms in total. The van der Waals surface area contributed by atoms with Gasteiger partial charge in [0, 0.05) is 5.69 Å². The van der Waals surface area contributed by atoms with Crippen molar-refractivity contribution in [2.24, 2.45) is 5.73 Å². The molecule has 0 saturated carbocycles. The molecule has 5 heteroatoms. The number of rotatable bonds is 6. The number of primary amides is 1. The van der Waals surface area contributed by atoms with Gasteiger partial charge < -0.3 is 16.4 Å². The SMILES string of the molecule is CC(C)c1ccc(NC(=O)C[C@H](NC(N)=O)c2ccccc2)cc1. The van der Waals surface area contributed by atoms with Gasteiger partial charge in [-0.05, 0) is 29.2 Å². The molecule has 0 saturated heterocycles. The molecule has 0 aliphatic heterocycles. The zero-order valence-electron chi connectivity index (χ0n) is 14.0.